The van der Waals surface area contributed by atoms with Crippen LogP contribution in [0.5, 0.6) is 0 Å². The Morgan fingerprint density at radius 3 is 2.76 bits per heavy atom. The monoisotopic (exact) mass is 395 g/mol. The minimum atomic E-state index is -0.233. The van der Waals surface area contributed by atoms with E-state index in [4.69, 9.17) is 0 Å². The van der Waals surface area contributed by atoms with Crippen LogP contribution in [-0.2, 0) is 11.2 Å². The zero-order valence-corrected chi connectivity index (χ0v) is 17.1. The molecule has 2 heterocycles. The van der Waals surface area contributed by atoms with Gasteiger partial charge in [-0.15, -0.1) is 0 Å². The first-order valence-electron chi connectivity index (χ1n) is 10.4. The predicted octanol–water partition coefficient (Wildman–Crippen LogP) is 1.44. The third-order valence-corrected chi connectivity index (χ3v) is 5.89. The molecule has 29 heavy (non-hydrogen) atoms. The molecule has 7 nitrogen and oxygen atoms in total. The van der Waals surface area contributed by atoms with E-state index in [1.54, 1.807) is 23.0 Å². The molecule has 154 valence electrons. The number of rotatable bonds is 7. The van der Waals surface area contributed by atoms with Crippen LogP contribution < -0.4 is 15.8 Å². The minimum Gasteiger partial charge on any atom is -0.342 e. The number of piperazine rings is 1. The zero-order chi connectivity index (χ0) is 20.4. The molecular formula is C22H29N5O2. The number of aromatic amines is 1. The van der Waals surface area contributed by atoms with Gasteiger partial charge in [-0.25, -0.2) is 4.98 Å². The number of nitrogens with zero attached hydrogens (tertiary/aromatic N) is 3. The average molecular weight is 396 g/mol. The lowest BCUT2D eigenvalue weighted by Gasteiger charge is -2.32. The van der Waals surface area contributed by atoms with Gasteiger partial charge in [0, 0.05) is 38.3 Å². The number of hydrogen-bond donors (Lipinski definition) is 2. The molecule has 2 aromatic rings. The van der Waals surface area contributed by atoms with Gasteiger partial charge in [0.05, 0.1) is 12.2 Å². The van der Waals surface area contributed by atoms with E-state index in [0.717, 1.165) is 25.1 Å². The van der Waals surface area contributed by atoms with Crippen LogP contribution in [0.4, 0.5) is 5.82 Å². The summed E-state index contributed by atoms with van der Waals surface area (Å²) in [6.45, 7) is 4.49. The number of amides is 1. The second-order valence-corrected chi connectivity index (χ2v) is 8.20. The lowest BCUT2D eigenvalue weighted by atomic mass is 10.1. The van der Waals surface area contributed by atoms with E-state index in [-0.39, 0.29) is 18.0 Å². The van der Waals surface area contributed by atoms with Crippen molar-refractivity contribution in [3.05, 3.63) is 57.6 Å². The zero-order valence-electron chi connectivity index (χ0n) is 17.1. The van der Waals surface area contributed by atoms with Crippen molar-refractivity contribution in [2.45, 2.75) is 38.1 Å². The molecule has 2 N–H and O–H groups in total. The number of hydrogen-bond acceptors (Lipinski definition) is 5. The van der Waals surface area contributed by atoms with E-state index in [9.17, 15) is 9.59 Å². The molecule has 7 heteroatoms. The minimum absolute atomic E-state index is 0.0135. The summed E-state index contributed by atoms with van der Waals surface area (Å²) in [6.07, 6.45) is 4.63. The third-order valence-electron chi connectivity index (χ3n) is 5.89. The normalized spacial score (nSPS) is 21.5. The fourth-order valence-electron chi connectivity index (χ4n) is 3.87. The third kappa shape index (κ3) is 4.67. The second-order valence-electron chi connectivity index (χ2n) is 8.20. The van der Waals surface area contributed by atoms with Gasteiger partial charge in [-0.3, -0.25) is 9.59 Å². The number of nitrogens with one attached hydrogen (secondary N) is 2. The van der Waals surface area contributed by atoms with Crippen molar-refractivity contribution in [1.82, 2.24) is 20.2 Å². The molecule has 1 saturated carbocycles. The molecule has 2 aliphatic rings. The van der Waals surface area contributed by atoms with E-state index in [2.05, 4.69) is 46.5 Å². The summed E-state index contributed by atoms with van der Waals surface area (Å²) in [6, 6.07) is 9.39. The second kappa shape index (κ2) is 8.37. The predicted molar refractivity (Wildman–Crippen MR) is 113 cm³/mol. The van der Waals surface area contributed by atoms with Crippen molar-refractivity contribution in [1.29, 1.82) is 0 Å². The smallest absolute Gasteiger partial charge is 0.290 e. The number of carbonyl (C=O) groups is 1. The molecule has 0 spiro atoms. The van der Waals surface area contributed by atoms with E-state index in [1.165, 1.54) is 17.5 Å². The molecule has 4 rings (SSSR count). The topological polar surface area (TPSA) is 81.3 Å². The van der Waals surface area contributed by atoms with Crippen molar-refractivity contribution in [3.8, 4) is 0 Å². The van der Waals surface area contributed by atoms with Gasteiger partial charge in [-0.1, -0.05) is 29.8 Å². The average Bonchev–Trinajstić information content (AvgIpc) is 3.49. The SMILES string of the molecule is Cc1ccc([C@@H]2C[C@H]2NCCCc2c[nH]c(=O)c(N3CCN(C)C(=O)C3)n2)cc1. The Bertz CT molecular complexity index is 924. The molecule has 0 bridgehead atoms. The number of anilines is 1. The highest BCUT2D eigenvalue weighted by molar-refractivity contribution is 5.82. The van der Waals surface area contributed by atoms with Crippen LogP contribution in [0.3, 0.4) is 0 Å². The van der Waals surface area contributed by atoms with Crippen molar-refractivity contribution < 1.29 is 4.79 Å². The van der Waals surface area contributed by atoms with Crippen LogP contribution in [0, 0.1) is 6.92 Å². The standard InChI is InChI=1S/C22H29N5O2/c1-15-5-7-16(8-6-15)18-12-19(18)23-9-3-4-17-13-24-22(29)21(25-17)27-11-10-26(2)20(28)14-27/h5-8,13,18-19,23H,3-4,9-12,14H2,1-2H3,(H,24,29)/t18-,19+/m0/s1. The largest absolute Gasteiger partial charge is 0.342 e. The first-order valence-corrected chi connectivity index (χ1v) is 10.4. The van der Waals surface area contributed by atoms with E-state index >= 15 is 0 Å². The number of benzene rings is 1. The Hall–Kier alpha value is -2.67. The summed E-state index contributed by atoms with van der Waals surface area (Å²) in [7, 11) is 1.78. The van der Waals surface area contributed by atoms with Gasteiger partial charge in [-0.05, 0) is 38.3 Å². The molecule has 2 atom stereocenters. The maximum Gasteiger partial charge on any atom is 0.290 e. The summed E-state index contributed by atoms with van der Waals surface area (Å²) >= 11 is 0. The van der Waals surface area contributed by atoms with Crippen LogP contribution >= 0.6 is 0 Å². The number of aryl methyl sites for hydroxylation is 2. The fourth-order valence-corrected chi connectivity index (χ4v) is 3.87. The summed E-state index contributed by atoms with van der Waals surface area (Å²) in [5.74, 6) is 1.00. The molecule has 1 amide bonds. The van der Waals surface area contributed by atoms with Crippen molar-refractivity contribution in [3.63, 3.8) is 0 Å². The quantitative estimate of drug-likeness (QED) is 0.694. The van der Waals surface area contributed by atoms with E-state index < -0.39 is 0 Å². The Kier molecular flexibility index (Phi) is 5.67. The maximum atomic E-state index is 12.2. The Morgan fingerprint density at radius 2 is 2.00 bits per heavy atom. The summed E-state index contributed by atoms with van der Waals surface area (Å²) in [4.78, 5) is 34.9. The molecule has 1 aliphatic carbocycles. The van der Waals surface area contributed by atoms with Crippen molar-refractivity contribution in [2.75, 3.05) is 38.1 Å². The van der Waals surface area contributed by atoms with Gasteiger partial charge in [-0.2, -0.15) is 0 Å². The van der Waals surface area contributed by atoms with Crippen molar-refractivity contribution >= 4 is 11.7 Å². The van der Waals surface area contributed by atoms with Gasteiger partial charge in [0.2, 0.25) is 5.91 Å². The summed E-state index contributed by atoms with van der Waals surface area (Å²) in [5, 5.41) is 3.63. The Morgan fingerprint density at radius 1 is 1.21 bits per heavy atom. The number of aromatic nitrogens is 2. The maximum absolute atomic E-state index is 12.2. The molecule has 0 unspecified atom stereocenters. The lowest BCUT2D eigenvalue weighted by Crippen LogP contribution is -2.50. The lowest BCUT2D eigenvalue weighted by molar-refractivity contribution is -0.129. The van der Waals surface area contributed by atoms with E-state index in [1.807, 2.05) is 0 Å². The van der Waals surface area contributed by atoms with Crippen LogP contribution in [0.2, 0.25) is 0 Å². The van der Waals surface area contributed by atoms with Gasteiger partial charge >= 0.3 is 0 Å². The van der Waals surface area contributed by atoms with Gasteiger partial charge in [0.1, 0.15) is 0 Å². The van der Waals surface area contributed by atoms with Gasteiger partial charge in [0.15, 0.2) is 5.82 Å². The van der Waals surface area contributed by atoms with Gasteiger partial charge in [0.25, 0.3) is 5.56 Å². The highest BCUT2D eigenvalue weighted by Crippen LogP contribution is 2.40. The van der Waals surface area contributed by atoms with Crippen LogP contribution in [0.25, 0.3) is 0 Å². The number of carbonyl (C=O) groups excluding carboxylic acids is 1. The Labute approximate surface area is 171 Å². The summed E-state index contributed by atoms with van der Waals surface area (Å²) in [5.41, 5.74) is 3.34. The van der Waals surface area contributed by atoms with Crippen molar-refractivity contribution in [2.24, 2.45) is 0 Å². The molecular weight excluding hydrogens is 366 g/mol. The highest BCUT2D eigenvalue weighted by atomic mass is 16.2. The Balaban J connectivity index is 1.26. The number of likely N-dealkylation sites (N-methyl/N-ethyl adjacent to an activating group) is 1. The fraction of sp³-hybridized carbons (Fsp3) is 0.500. The van der Waals surface area contributed by atoms with Gasteiger partial charge < -0.3 is 20.1 Å². The molecule has 2 fully saturated rings. The van der Waals surface area contributed by atoms with E-state index in [0.29, 0.717) is 30.9 Å². The first-order chi connectivity index (χ1) is 14.0. The van der Waals surface area contributed by atoms with Crippen LogP contribution in [0.15, 0.2) is 35.3 Å². The highest BCUT2D eigenvalue weighted by Gasteiger charge is 2.37. The molecule has 1 aromatic heterocycles. The van der Waals surface area contributed by atoms with Crippen LogP contribution in [0.1, 0.15) is 35.6 Å². The summed E-state index contributed by atoms with van der Waals surface area (Å²) < 4.78 is 0. The number of H-pyrrole nitrogens is 1. The first kappa shape index (κ1) is 19.6. The molecule has 1 saturated heterocycles. The molecule has 1 aliphatic heterocycles. The molecule has 1 aromatic carbocycles. The molecule has 0 radical (unpaired) electrons. The van der Waals surface area contributed by atoms with Crippen LogP contribution in [-0.4, -0.2) is 60.0 Å².